The fourth-order valence-electron chi connectivity index (χ4n) is 0.992. The second-order valence-corrected chi connectivity index (χ2v) is 2.52. The van der Waals surface area contributed by atoms with Gasteiger partial charge in [0, 0.05) is 25.7 Å². The predicted molar refractivity (Wildman–Crippen MR) is 45.5 cm³/mol. The first-order valence-corrected chi connectivity index (χ1v) is 3.68. The van der Waals surface area contributed by atoms with Gasteiger partial charge in [-0.25, -0.2) is 0 Å². The zero-order valence-electron chi connectivity index (χ0n) is 6.96. The average Bonchev–Trinajstić information content (AvgIpc) is 2.29. The minimum absolute atomic E-state index is 0.643. The number of aromatic nitrogens is 2. The predicted octanol–water partition coefficient (Wildman–Crippen LogP) is 0.0991. The summed E-state index contributed by atoms with van der Waals surface area (Å²) in [5.41, 5.74) is 6.51. The summed E-state index contributed by atoms with van der Waals surface area (Å²) in [7, 11) is 1.91. The van der Waals surface area contributed by atoms with Crippen LogP contribution in [0.5, 0.6) is 0 Å². The molecule has 1 rings (SSSR count). The lowest BCUT2D eigenvalue weighted by molar-refractivity contribution is 0.768. The van der Waals surface area contributed by atoms with E-state index in [0.717, 1.165) is 17.9 Å². The summed E-state index contributed by atoms with van der Waals surface area (Å²) in [5.74, 6) is 1.05. The highest BCUT2D eigenvalue weighted by Gasteiger charge is 2.00. The molecule has 0 bridgehead atoms. The smallest absolute Gasteiger partial charge is 0.126 e. The van der Waals surface area contributed by atoms with Crippen molar-refractivity contribution in [1.29, 1.82) is 0 Å². The molecule has 0 saturated heterocycles. The van der Waals surface area contributed by atoms with Crippen molar-refractivity contribution in [2.24, 2.45) is 12.8 Å². The van der Waals surface area contributed by atoms with E-state index in [9.17, 15) is 0 Å². The van der Waals surface area contributed by atoms with Crippen molar-refractivity contribution in [2.45, 2.75) is 6.92 Å². The van der Waals surface area contributed by atoms with Crippen LogP contribution in [0.25, 0.3) is 0 Å². The van der Waals surface area contributed by atoms with Crippen molar-refractivity contribution in [1.82, 2.24) is 9.78 Å². The molecule has 0 aromatic carbocycles. The lowest BCUT2D eigenvalue weighted by atomic mass is 10.4. The SMILES string of the molecule is Cc1cnn(C)c1NCCN. The number of hydrogen-bond acceptors (Lipinski definition) is 3. The minimum atomic E-state index is 0.643. The van der Waals surface area contributed by atoms with Gasteiger partial charge in [0.1, 0.15) is 5.82 Å². The highest BCUT2D eigenvalue weighted by atomic mass is 15.3. The molecule has 1 aromatic heterocycles. The third kappa shape index (κ3) is 1.71. The van der Waals surface area contributed by atoms with E-state index >= 15 is 0 Å². The van der Waals surface area contributed by atoms with Crippen molar-refractivity contribution >= 4 is 5.82 Å². The summed E-state index contributed by atoms with van der Waals surface area (Å²) in [6, 6.07) is 0. The van der Waals surface area contributed by atoms with Gasteiger partial charge in [-0.2, -0.15) is 5.10 Å². The van der Waals surface area contributed by atoms with E-state index in [1.54, 1.807) is 0 Å². The molecule has 0 aliphatic heterocycles. The number of nitrogens with zero attached hydrogens (tertiary/aromatic N) is 2. The van der Waals surface area contributed by atoms with Crippen molar-refractivity contribution < 1.29 is 0 Å². The first-order valence-electron chi connectivity index (χ1n) is 3.68. The van der Waals surface area contributed by atoms with Gasteiger partial charge in [0.05, 0.1) is 6.20 Å². The van der Waals surface area contributed by atoms with Gasteiger partial charge in [-0.3, -0.25) is 4.68 Å². The topological polar surface area (TPSA) is 55.9 Å². The molecule has 0 radical (unpaired) electrons. The van der Waals surface area contributed by atoms with Crippen LogP contribution in [0, 0.1) is 6.92 Å². The molecule has 1 aromatic rings. The lowest BCUT2D eigenvalue weighted by Crippen LogP contribution is -2.15. The molecule has 1 heterocycles. The summed E-state index contributed by atoms with van der Waals surface area (Å²) in [5, 5.41) is 7.27. The zero-order valence-corrected chi connectivity index (χ0v) is 6.96. The highest BCUT2D eigenvalue weighted by molar-refractivity contribution is 5.42. The lowest BCUT2D eigenvalue weighted by Gasteiger charge is -2.05. The average molecular weight is 154 g/mol. The van der Waals surface area contributed by atoms with Crippen LogP contribution < -0.4 is 11.1 Å². The summed E-state index contributed by atoms with van der Waals surface area (Å²) < 4.78 is 1.81. The van der Waals surface area contributed by atoms with Crippen LogP contribution in [-0.4, -0.2) is 22.9 Å². The second-order valence-electron chi connectivity index (χ2n) is 2.52. The molecule has 0 unspecified atom stereocenters. The molecule has 0 aliphatic rings. The molecule has 0 aliphatic carbocycles. The van der Waals surface area contributed by atoms with E-state index in [0.29, 0.717) is 6.54 Å². The van der Waals surface area contributed by atoms with Gasteiger partial charge in [-0.05, 0) is 6.92 Å². The number of hydrogen-bond donors (Lipinski definition) is 2. The molecule has 0 fully saturated rings. The van der Waals surface area contributed by atoms with Gasteiger partial charge < -0.3 is 11.1 Å². The minimum Gasteiger partial charge on any atom is -0.369 e. The van der Waals surface area contributed by atoms with Gasteiger partial charge in [-0.1, -0.05) is 0 Å². The summed E-state index contributed by atoms with van der Waals surface area (Å²) in [6.07, 6.45) is 1.83. The largest absolute Gasteiger partial charge is 0.369 e. The molecule has 0 atom stereocenters. The van der Waals surface area contributed by atoms with Crippen LogP contribution in [0.4, 0.5) is 5.82 Å². The van der Waals surface area contributed by atoms with Gasteiger partial charge in [-0.15, -0.1) is 0 Å². The standard InChI is InChI=1S/C7H14N4/c1-6-5-10-11(2)7(6)9-4-3-8/h5,9H,3-4,8H2,1-2H3. The molecule has 4 nitrogen and oxygen atoms in total. The van der Waals surface area contributed by atoms with E-state index in [1.165, 1.54) is 0 Å². The van der Waals surface area contributed by atoms with Crippen LogP contribution >= 0.6 is 0 Å². The van der Waals surface area contributed by atoms with Crippen molar-refractivity contribution in [3.63, 3.8) is 0 Å². The molecular formula is C7H14N4. The van der Waals surface area contributed by atoms with Gasteiger partial charge in [0.2, 0.25) is 0 Å². The zero-order chi connectivity index (χ0) is 8.27. The van der Waals surface area contributed by atoms with E-state index in [-0.39, 0.29) is 0 Å². The quantitative estimate of drug-likeness (QED) is 0.649. The summed E-state index contributed by atoms with van der Waals surface area (Å²) >= 11 is 0. The van der Waals surface area contributed by atoms with Gasteiger partial charge in [0.15, 0.2) is 0 Å². The summed E-state index contributed by atoms with van der Waals surface area (Å²) in [6.45, 7) is 3.46. The van der Waals surface area contributed by atoms with Crippen molar-refractivity contribution in [3.05, 3.63) is 11.8 Å². The number of aryl methyl sites for hydroxylation is 2. The third-order valence-corrected chi connectivity index (χ3v) is 1.56. The molecule has 62 valence electrons. The van der Waals surface area contributed by atoms with Crippen LogP contribution in [0.15, 0.2) is 6.20 Å². The molecule has 3 N–H and O–H groups in total. The maximum absolute atomic E-state index is 5.35. The van der Waals surface area contributed by atoms with Crippen LogP contribution in [-0.2, 0) is 7.05 Å². The Morgan fingerprint density at radius 2 is 2.45 bits per heavy atom. The number of nitrogens with two attached hydrogens (primary N) is 1. The monoisotopic (exact) mass is 154 g/mol. The first kappa shape index (κ1) is 8.07. The van der Waals surface area contributed by atoms with Crippen molar-refractivity contribution in [3.8, 4) is 0 Å². The maximum atomic E-state index is 5.35. The van der Waals surface area contributed by atoms with Crippen LogP contribution in [0.2, 0.25) is 0 Å². The number of nitrogens with one attached hydrogen (secondary N) is 1. The van der Waals surface area contributed by atoms with Crippen molar-refractivity contribution in [2.75, 3.05) is 18.4 Å². The number of anilines is 1. The second kappa shape index (κ2) is 3.39. The van der Waals surface area contributed by atoms with E-state index < -0.39 is 0 Å². The number of rotatable bonds is 3. The van der Waals surface area contributed by atoms with Crippen LogP contribution in [0.1, 0.15) is 5.56 Å². The third-order valence-electron chi connectivity index (χ3n) is 1.56. The van der Waals surface area contributed by atoms with Gasteiger partial charge in [0.25, 0.3) is 0 Å². The van der Waals surface area contributed by atoms with Gasteiger partial charge >= 0.3 is 0 Å². The Kier molecular flexibility index (Phi) is 2.48. The fraction of sp³-hybridized carbons (Fsp3) is 0.571. The summed E-state index contributed by atoms with van der Waals surface area (Å²) in [4.78, 5) is 0. The molecule has 4 heteroatoms. The fourth-order valence-corrected chi connectivity index (χ4v) is 0.992. The normalized spacial score (nSPS) is 10.1. The molecule has 0 amide bonds. The van der Waals surface area contributed by atoms with E-state index in [4.69, 9.17) is 5.73 Å². The Morgan fingerprint density at radius 1 is 1.73 bits per heavy atom. The Bertz CT molecular complexity index is 209. The maximum Gasteiger partial charge on any atom is 0.126 e. The van der Waals surface area contributed by atoms with E-state index in [1.807, 2.05) is 24.9 Å². The van der Waals surface area contributed by atoms with Crippen LogP contribution in [0.3, 0.4) is 0 Å². The first-order chi connectivity index (χ1) is 5.25. The highest BCUT2D eigenvalue weighted by Crippen LogP contribution is 2.10. The Morgan fingerprint density at radius 3 is 2.91 bits per heavy atom. The molecule has 11 heavy (non-hydrogen) atoms. The Hall–Kier alpha value is -1.03. The Labute approximate surface area is 66.4 Å². The molecule has 0 spiro atoms. The molecular weight excluding hydrogens is 140 g/mol. The molecule has 0 saturated carbocycles. The van der Waals surface area contributed by atoms with E-state index in [2.05, 4.69) is 10.4 Å². The Balaban J connectivity index is 2.67.